The van der Waals surface area contributed by atoms with Crippen molar-refractivity contribution in [1.29, 1.82) is 0 Å². The Bertz CT molecular complexity index is 785. The summed E-state index contributed by atoms with van der Waals surface area (Å²) in [7, 11) is 0. The first kappa shape index (κ1) is 15.0. The number of carboxylic acids is 1. The molecule has 1 N–H and O–H groups in total. The molecule has 1 aromatic carbocycles. The molecule has 3 rings (SSSR count). The van der Waals surface area contributed by atoms with Crippen LogP contribution in [0.5, 0.6) is 0 Å². The number of carbonyl (C=O) groups excluding carboxylic acids is 1. The Kier molecular flexibility index (Phi) is 3.44. The van der Waals surface area contributed by atoms with Crippen LogP contribution in [-0.4, -0.2) is 35.0 Å². The summed E-state index contributed by atoms with van der Waals surface area (Å²) in [4.78, 5) is 26.1. The van der Waals surface area contributed by atoms with Crippen molar-refractivity contribution in [1.82, 2.24) is 4.90 Å². The molecule has 0 saturated carbocycles. The van der Waals surface area contributed by atoms with Gasteiger partial charge in [0.05, 0.1) is 10.3 Å². The zero-order valence-electron chi connectivity index (χ0n) is 12.4. The second-order valence-corrected chi connectivity index (χ2v) is 7.09. The van der Waals surface area contributed by atoms with Crippen molar-refractivity contribution in [3.8, 4) is 0 Å². The predicted molar refractivity (Wildman–Crippen MR) is 82.8 cm³/mol. The number of fused-ring (bicyclic) bond motifs is 1. The fraction of sp³-hybridized carbons (Fsp3) is 0.375. The summed E-state index contributed by atoms with van der Waals surface area (Å²) in [6.45, 7) is 4.11. The normalized spacial score (nSPS) is 21.5. The molecule has 1 saturated heterocycles. The van der Waals surface area contributed by atoms with Crippen LogP contribution in [0.25, 0.3) is 10.1 Å². The van der Waals surface area contributed by atoms with Crippen molar-refractivity contribution >= 4 is 33.3 Å². The summed E-state index contributed by atoms with van der Waals surface area (Å²) < 4.78 is 14.2. The van der Waals surface area contributed by atoms with Crippen LogP contribution in [0.1, 0.15) is 28.6 Å². The van der Waals surface area contributed by atoms with Gasteiger partial charge in [-0.2, -0.15) is 0 Å². The molecule has 116 valence electrons. The van der Waals surface area contributed by atoms with E-state index in [1.54, 1.807) is 24.8 Å². The van der Waals surface area contributed by atoms with Gasteiger partial charge >= 0.3 is 5.97 Å². The van der Waals surface area contributed by atoms with E-state index in [1.807, 2.05) is 0 Å². The maximum atomic E-state index is 13.4. The van der Waals surface area contributed by atoms with E-state index in [4.69, 9.17) is 0 Å². The van der Waals surface area contributed by atoms with Gasteiger partial charge in [0.15, 0.2) is 0 Å². The number of carbonyl (C=O) groups is 2. The highest BCUT2D eigenvalue weighted by atomic mass is 32.1. The highest BCUT2D eigenvalue weighted by Crippen LogP contribution is 2.35. The zero-order valence-corrected chi connectivity index (χ0v) is 13.2. The monoisotopic (exact) mass is 321 g/mol. The van der Waals surface area contributed by atoms with Crippen molar-refractivity contribution in [2.75, 3.05) is 13.1 Å². The summed E-state index contributed by atoms with van der Waals surface area (Å²) in [6.07, 6.45) is 0.451. The maximum Gasteiger partial charge on any atom is 0.311 e. The molecule has 6 heteroatoms. The molecule has 1 fully saturated rings. The molecule has 1 amide bonds. The predicted octanol–water partition coefficient (Wildman–Crippen LogP) is 3.29. The molecule has 1 aromatic heterocycles. The van der Waals surface area contributed by atoms with Crippen LogP contribution in [0.3, 0.4) is 0 Å². The minimum atomic E-state index is -0.883. The Hall–Kier alpha value is -1.95. The first-order valence-corrected chi connectivity index (χ1v) is 7.85. The third kappa shape index (κ3) is 2.27. The Morgan fingerprint density at radius 3 is 2.77 bits per heavy atom. The van der Waals surface area contributed by atoms with E-state index in [2.05, 4.69) is 0 Å². The number of hydrogen-bond acceptors (Lipinski definition) is 3. The van der Waals surface area contributed by atoms with E-state index < -0.39 is 11.4 Å². The van der Waals surface area contributed by atoms with Gasteiger partial charge in [-0.05, 0) is 49.4 Å². The van der Waals surface area contributed by atoms with E-state index in [-0.39, 0.29) is 18.3 Å². The van der Waals surface area contributed by atoms with Gasteiger partial charge in [-0.1, -0.05) is 0 Å². The third-order valence-electron chi connectivity index (χ3n) is 4.37. The fourth-order valence-corrected chi connectivity index (χ4v) is 4.01. The van der Waals surface area contributed by atoms with E-state index >= 15 is 0 Å². The number of aliphatic carboxylic acids is 1. The van der Waals surface area contributed by atoms with Crippen LogP contribution in [0.2, 0.25) is 0 Å². The van der Waals surface area contributed by atoms with E-state index in [0.717, 1.165) is 15.6 Å². The van der Waals surface area contributed by atoms with Crippen LogP contribution in [0, 0.1) is 18.2 Å². The van der Waals surface area contributed by atoms with Crippen LogP contribution in [0.4, 0.5) is 4.39 Å². The second kappa shape index (κ2) is 5.05. The topological polar surface area (TPSA) is 57.6 Å². The molecule has 2 heterocycles. The molecule has 1 aliphatic heterocycles. The molecule has 0 unspecified atom stereocenters. The number of halogens is 1. The Morgan fingerprint density at radius 1 is 1.41 bits per heavy atom. The highest BCUT2D eigenvalue weighted by molar-refractivity contribution is 7.21. The lowest BCUT2D eigenvalue weighted by atomic mass is 9.90. The molecule has 0 spiro atoms. The number of amides is 1. The minimum Gasteiger partial charge on any atom is -0.481 e. The quantitative estimate of drug-likeness (QED) is 0.923. The van der Waals surface area contributed by atoms with Crippen LogP contribution >= 0.6 is 11.3 Å². The molecular weight excluding hydrogens is 305 g/mol. The fourth-order valence-electron chi connectivity index (χ4n) is 2.85. The number of carboxylic acid groups (broad SMARTS) is 1. The zero-order chi connectivity index (χ0) is 16.1. The van der Waals surface area contributed by atoms with Gasteiger partial charge in [0.2, 0.25) is 0 Å². The number of aryl methyl sites for hydroxylation is 1. The maximum absolute atomic E-state index is 13.4. The van der Waals surface area contributed by atoms with Gasteiger partial charge in [-0.15, -0.1) is 11.3 Å². The summed E-state index contributed by atoms with van der Waals surface area (Å²) in [5.74, 6) is -1.37. The van der Waals surface area contributed by atoms with Crippen LogP contribution < -0.4 is 0 Å². The highest BCUT2D eigenvalue weighted by Gasteiger charge is 2.42. The lowest BCUT2D eigenvalue weighted by molar-refractivity contribution is -0.147. The molecule has 22 heavy (non-hydrogen) atoms. The van der Waals surface area contributed by atoms with E-state index in [9.17, 15) is 19.1 Å². The first-order chi connectivity index (χ1) is 10.3. The van der Waals surface area contributed by atoms with Gasteiger partial charge in [0, 0.05) is 17.8 Å². The van der Waals surface area contributed by atoms with Gasteiger partial charge in [0.25, 0.3) is 5.91 Å². The molecule has 4 nitrogen and oxygen atoms in total. The largest absolute Gasteiger partial charge is 0.481 e. The molecule has 0 aliphatic carbocycles. The van der Waals surface area contributed by atoms with E-state index in [0.29, 0.717) is 17.8 Å². The lowest BCUT2D eigenvalue weighted by Crippen LogP contribution is -2.34. The number of benzene rings is 1. The van der Waals surface area contributed by atoms with Crippen LogP contribution in [-0.2, 0) is 4.79 Å². The Labute approximate surface area is 131 Å². The van der Waals surface area contributed by atoms with Gasteiger partial charge in [-0.25, -0.2) is 4.39 Å². The third-order valence-corrected chi connectivity index (χ3v) is 5.63. The average Bonchev–Trinajstić information content (AvgIpc) is 3.01. The SMILES string of the molecule is Cc1c(C(=O)N2CC[C@@](C)(C(=O)O)C2)sc2ccc(F)cc12. The molecule has 0 radical (unpaired) electrons. The number of nitrogens with zero attached hydrogens (tertiary/aromatic N) is 1. The van der Waals surface area contributed by atoms with Crippen molar-refractivity contribution in [3.05, 3.63) is 34.5 Å². The van der Waals surface area contributed by atoms with Gasteiger partial charge in [-0.3, -0.25) is 9.59 Å². The summed E-state index contributed by atoms with van der Waals surface area (Å²) in [5, 5.41) is 10.0. The first-order valence-electron chi connectivity index (χ1n) is 7.03. The Balaban J connectivity index is 1.94. The number of thiophene rings is 1. The van der Waals surface area contributed by atoms with Gasteiger partial charge in [0.1, 0.15) is 5.82 Å². The standard InChI is InChI=1S/C16H16FNO3S/c1-9-11-7-10(17)3-4-12(11)22-13(9)14(19)18-6-5-16(2,8-18)15(20)21/h3-4,7H,5-6,8H2,1-2H3,(H,20,21)/t16-/m1/s1. The van der Waals surface area contributed by atoms with Gasteiger partial charge < -0.3 is 10.0 Å². The lowest BCUT2D eigenvalue weighted by Gasteiger charge is -2.20. The van der Waals surface area contributed by atoms with Crippen molar-refractivity contribution in [3.63, 3.8) is 0 Å². The summed E-state index contributed by atoms with van der Waals surface area (Å²) in [5.41, 5.74) is -0.125. The smallest absolute Gasteiger partial charge is 0.311 e. The molecule has 0 bridgehead atoms. The minimum absolute atomic E-state index is 0.163. The molecule has 2 aromatic rings. The Morgan fingerprint density at radius 2 is 2.14 bits per heavy atom. The van der Waals surface area contributed by atoms with Crippen molar-refractivity contribution in [2.24, 2.45) is 5.41 Å². The van der Waals surface area contributed by atoms with Crippen molar-refractivity contribution in [2.45, 2.75) is 20.3 Å². The average molecular weight is 321 g/mol. The molecule has 1 atom stereocenters. The van der Waals surface area contributed by atoms with E-state index in [1.165, 1.54) is 23.5 Å². The number of hydrogen-bond donors (Lipinski definition) is 1. The number of likely N-dealkylation sites (tertiary alicyclic amines) is 1. The van der Waals surface area contributed by atoms with Crippen molar-refractivity contribution < 1.29 is 19.1 Å². The molecular formula is C16H16FNO3S. The summed E-state index contributed by atoms with van der Waals surface area (Å²) >= 11 is 1.33. The number of rotatable bonds is 2. The second-order valence-electron chi connectivity index (χ2n) is 6.04. The molecule has 1 aliphatic rings. The summed E-state index contributed by atoms with van der Waals surface area (Å²) in [6, 6.07) is 4.48. The van der Waals surface area contributed by atoms with Crippen LogP contribution in [0.15, 0.2) is 18.2 Å².